The molecule has 1 aromatic rings. The van der Waals surface area contributed by atoms with Gasteiger partial charge in [0.2, 0.25) is 0 Å². The van der Waals surface area contributed by atoms with Crippen LogP contribution in [0.1, 0.15) is 31.2 Å². The normalized spacial score (nSPS) is 29.3. The number of rotatable bonds is 2. The summed E-state index contributed by atoms with van der Waals surface area (Å²) in [6.07, 6.45) is 4.07. The number of halogens is 2. The van der Waals surface area contributed by atoms with Gasteiger partial charge >= 0.3 is 0 Å². The first-order valence-electron chi connectivity index (χ1n) is 5.90. The first-order valence-corrected chi connectivity index (χ1v) is 7.07. The molecule has 2 atom stereocenters. The molecule has 0 spiro atoms. The van der Waals surface area contributed by atoms with E-state index in [4.69, 9.17) is 17.3 Å². The molecule has 0 saturated heterocycles. The maximum atomic E-state index is 10.5. The fourth-order valence-electron chi connectivity index (χ4n) is 2.57. The summed E-state index contributed by atoms with van der Waals surface area (Å²) in [5.74, 6) is 0. The third-order valence-electron chi connectivity index (χ3n) is 3.39. The van der Waals surface area contributed by atoms with E-state index < -0.39 is 5.60 Å². The number of hydrogen-bond acceptors (Lipinski definition) is 2. The summed E-state index contributed by atoms with van der Waals surface area (Å²) in [6, 6.07) is 5.89. The quantitative estimate of drug-likeness (QED) is 0.879. The summed E-state index contributed by atoms with van der Waals surface area (Å²) in [5.41, 5.74) is 6.23. The predicted octanol–water partition coefficient (Wildman–Crippen LogP) is 3.28. The second-order valence-electron chi connectivity index (χ2n) is 4.99. The van der Waals surface area contributed by atoms with Gasteiger partial charge in [-0.05, 0) is 43.4 Å². The van der Waals surface area contributed by atoms with E-state index in [2.05, 4.69) is 15.9 Å². The van der Waals surface area contributed by atoms with E-state index in [0.29, 0.717) is 17.9 Å². The van der Waals surface area contributed by atoms with Crippen molar-refractivity contribution >= 4 is 27.5 Å². The van der Waals surface area contributed by atoms with Crippen LogP contribution >= 0.6 is 27.5 Å². The topological polar surface area (TPSA) is 46.2 Å². The highest BCUT2D eigenvalue weighted by atomic mass is 79.9. The van der Waals surface area contributed by atoms with Crippen molar-refractivity contribution in [2.75, 3.05) is 0 Å². The third kappa shape index (κ3) is 3.44. The second-order valence-corrected chi connectivity index (χ2v) is 6.32. The number of benzene rings is 1. The summed E-state index contributed by atoms with van der Waals surface area (Å²) >= 11 is 9.55. The maximum Gasteiger partial charge on any atom is 0.0703 e. The van der Waals surface area contributed by atoms with Gasteiger partial charge < -0.3 is 10.8 Å². The fraction of sp³-hybridized carbons (Fsp3) is 0.538. The molecule has 1 saturated carbocycles. The lowest BCUT2D eigenvalue weighted by Gasteiger charge is -2.35. The molecule has 4 heteroatoms. The lowest BCUT2D eigenvalue weighted by molar-refractivity contribution is -0.00189. The standard InChI is InChI=1S/C13H17BrClNO/c14-10-4-3-9(12(15)6-10)7-13(17)5-1-2-11(16)8-13/h3-4,6,11,17H,1-2,5,7-8,16H2. The SMILES string of the molecule is NC1CCCC(O)(Cc2ccc(Br)cc2Cl)C1. The van der Waals surface area contributed by atoms with Crippen molar-refractivity contribution in [1.29, 1.82) is 0 Å². The summed E-state index contributed by atoms with van der Waals surface area (Å²) in [6.45, 7) is 0. The smallest absolute Gasteiger partial charge is 0.0703 e. The van der Waals surface area contributed by atoms with Crippen molar-refractivity contribution in [1.82, 2.24) is 0 Å². The number of aliphatic hydroxyl groups is 1. The summed E-state index contributed by atoms with van der Waals surface area (Å²) < 4.78 is 0.957. The van der Waals surface area contributed by atoms with Gasteiger partial charge in [-0.25, -0.2) is 0 Å². The van der Waals surface area contributed by atoms with Gasteiger partial charge in [-0.1, -0.05) is 33.6 Å². The van der Waals surface area contributed by atoms with Gasteiger partial charge in [0, 0.05) is 22.0 Å². The Balaban J connectivity index is 2.14. The van der Waals surface area contributed by atoms with Crippen LogP contribution in [0.15, 0.2) is 22.7 Å². The number of hydrogen-bond donors (Lipinski definition) is 2. The zero-order valence-corrected chi connectivity index (χ0v) is 12.0. The molecule has 0 radical (unpaired) electrons. The minimum Gasteiger partial charge on any atom is -0.389 e. The van der Waals surface area contributed by atoms with Gasteiger partial charge in [0.05, 0.1) is 5.60 Å². The second kappa shape index (κ2) is 5.27. The van der Waals surface area contributed by atoms with Crippen molar-refractivity contribution in [2.24, 2.45) is 5.73 Å². The highest BCUT2D eigenvalue weighted by Gasteiger charge is 2.33. The van der Waals surface area contributed by atoms with Gasteiger partial charge in [-0.2, -0.15) is 0 Å². The third-order valence-corrected chi connectivity index (χ3v) is 4.24. The molecular weight excluding hydrogens is 302 g/mol. The Morgan fingerprint density at radius 2 is 2.29 bits per heavy atom. The Hall–Kier alpha value is -0.0900. The molecule has 3 N–H and O–H groups in total. The van der Waals surface area contributed by atoms with Crippen LogP contribution in [0, 0.1) is 0 Å². The average molecular weight is 319 g/mol. The fourth-order valence-corrected chi connectivity index (χ4v) is 3.31. The Bertz CT molecular complexity index is 412. The zero-order chi connectivity index (χ0) is 12.5. The molecule has 2 unspecified atom stereocenters. The predicted molar refractivity (Wildman–Crippen MR) is 74.2 cm³/mol. The lowest BCUT2D eigenvalue weighted by atomic mass is 9.78. The molecule has 0 amide bonds. The van der Waals surface area contributed by atoms with Gasteiger partial charge in [-0.15, -0.1) is 0 Å². The van der Waals surface area contributed by atoms with Crippen LogP contribution in [-0.2, 0) is 6.42 Å². The van der Waals surface area contributed by atoms with Gasteiger partial charge in [-0.3, -0.25) is 0 Å². The highest BCUT2D eigenvalue weighted by Crippen LogP contribution is 2.33. The van der Waals surface area contributed by atoms with Crippen molar-refractivity contribution in [2.45, 2.75) is 43.7 Å². The maximum absolute atomic E-state index is 10.5. The molecule has 17 heavy (non-hydrogen) atoms. The zero-order valence-electron chi connectivity index (χ0n) is 9.63. The van der Waals surface area contributed by atoms with E-state index in [9.17, 15) is 5.11 Å². The molecule has 1 aliphatic carbocycles. The lowest BCUT2D eigenvalue weighted by Crippen LogP contribution is -2.42. The van der Waals surface area contributed by atoms with Crippen LogP contribution in [0.4, 0.5) is 0 Å². The van der Waals surface area contributed by atoms with E-state index in [0.717, 1.165) is 29.3 Å². The minimum atomic E-state index is -0.685. The molecule has 94 valence electrons. The first-order chi connectivity index (χ1) is 7.98. The summed E-state index contributed by atoms with van der Waals surface area (Å²) in [7, 11) is 0. The Labute approximate surface area is 115 Å². The van der Waals surface area contributed by atoms with Crippen molar-refractivity contribution < 1.29 is 5.11 Å². The summed E-state index contributed by atoms with van der Waals surface area (Å²) in [4.78, 5) is 0. The molecule has 1 fully saturated rings. The van der Waals surface area contributed by atoms with Crippen LogP contribution < -0.4 is 5.73 Å². The molecule has 1 aliphatic rings. The Kier molecular flexibility index (Phi) is 4.14. The minimum absolute atomic E-state index is 0.114. The first kappa shape index (κ1) is 13.3. The van der Waals surface area contributed by atoms with Crippen LogP contribution in [0.5, 0.6) is 0 Å². The van der Waals surface area contributed by atoms with Crippen LogP contribution in [-0.4, -0.2) is 16.7 Å². The molecular formula is C13H17BrClNO. The largest absolute Gasteiger partial charge is 0.389 e. The molecule has 0 aromatic heterocycles. The van der Waals surface area contributed by atoms with E-state index in [-0.39, 0.29) is 6.04 Å². The Morgan fingerprint density at radius 3 is 2.94 bits per heavy atom. The molecule has 0 aliphatic heterocycles. The summed E-state index contributed by atoms with van der Waals surface area (Å²) in [5, 5.41) is 11.2. The molecule has 0 bridgehead atoms. The molecule has 0 heterocycles. The monoisotopic (exact) mass is 317 g/mol. The molecule has 1 aromatic carbocycles. The van der Waals surface area contributed by atoms with Crippen molar-refractivity contribution in [3.8, 4) is 0 Å². The molecule has 2 rings (SSSR count). The highest BCUT2D eigenvalue weighted by molar-refractivity contribution is 9.10. The van der Waals surface area contributed by atoms with Gasteiger partial charge in [0.15, 0.2) is 0 Å². The van der Waals surface area contributed by atoms with Gasteiger partial charge in [0.1, 0.15) is 0 Å². The van der Waals surface area contributed by atoms with Crippen LogP contribution in [0.2, 0.25) is 5.02 Å². The van der Waals surface area contributed by atoms with Gasteiger partial charge in [0.25, 0.3) is 0 Å². The van der Waals surface area contributed by atoms with E-state index in [1.807, 2.05) is 18.2 Å². The average Bonchev–Trinajstić information content (AvgIpc) is 2.22. The molecule has 2 nitrogen and oxygen atoms in total. The number of nitrogens with two attached hydrogens (primary N) is 1. The van der Waals surface area contributed by atoms with Crippen LogP contribution in [0.3, 0.4) is 0 Å². The van der Waals surface area contributed by atoms with Crippen molar-refractivity contribution in [3.63, 3.8) is 0 Å². The van der Waals surface area contributed by atoms with Crippen molar-refractivity contribution in [3.05, 3.63) is 33.3 Å². The van der Waals surface area contributed by atoms with Crippen LogP contribution in [0.25, 0.3) is 0 Å². The Morgan fingerprint density at radius 1 is 1.53 bits per heavy atom. The van der Waals surface area contributed by atoms with E-state index >= 15 is 0 Å². The van der Waals surface area contributed by atoms with E-state index in [1.54, 1.807) is 0 Å². The van der Waals surface area contributed by atoms with E-state index in [1.165, 1.54) is 0 Å².